The van der Waals surface area contributed by atoms with Gasteiger partial charge in [0.05, 0.1) is 35.7 Å². The molecule has 2 N–H and O–H groups in total. The van der Waals surface area contributed by atoms with Crippen molar-refractivity contribution >= 4 is 57.3 Å². The first-order valence-corrected chi connectivity index (χ1v) is 9.80. The second kappa shape index (κ2) is 9.43. The molecule has 0 spiro atoms. The van der Waals surface area contributed by atoms with E-state index in [0.29, 0.717) is 21.5 Å². The molecule has 28 heavy (non-hydrogen) atoms. The molecule has 0 fully saturated rings. The lowest BCUT2D eigenvalue weighted by molar-refractivity contribution is -0.139. The van der Waals surface area contributed by atoms with Gasteiger partial charge in [0.25, 0.3) is 0 Å². The topological polar surface area (TPSA) is 79.8 Å². The molecule has 3 rings (SSSR count). The van der Waals surface area contributed by atoms with E-state index in [-0.39, 0.29) is 24.1 Å². The molecule has 0 aromatic heterocycles. The highest BCUT2D eigenvalue weighted by atomic mass is 35.5. The molecule has 2 aromatic rings. The zero-order chi connectivity index (χ0) is 19.9. The van der Waals surface area contributed by atoms with Crippen molar-refractivity contribution in [1.82, 2.24) is 0 Å². The number of ether oxygens (including phenoxy) is 1. The number of hydrogen-bond donors (Lipinski definition) is 2. The van der Waals surface area contributed by atoms with Crippen LogP contribution >= 0.6 is 23.4 Å². The summed E-state index contributed by atoms with van der Waals surface area (Å²) >= 11 is 7.22. The Labute approximate surface area is 172 Å². The van der Waals surface area contributed by atoms with Crippen molar-refractivity contribution in [2.45, 2.75) is 6.42 Å². The predicted molar refractivity (Wildman–Crippen MR) is 114 cm³/mol. The molecule has 1 aliphatic heterocycles. The molecule has 0 bridgehead atoms. The number of fused-ring (bicyclic) bond motifs is 1. The van der Waals surface area contributed by atoms with Gasteiger partial charge in [-0.3, -0.25) is 9.59 Å². The molecule has 1 amide bonds. The summed E-state index contributed by atoms with van der Waals surface area (Å²) in [5.74, 6) is -0.375. The number of para-hydroxylation sites is 2. The fourth-order valence-electron chi connectivity index (χ4n) is 2.49. The number of anilines is 2. The van der Waals surface area contributed by atoms with E-state index >= 15 is 0 Å². The maximum absolute atomic E-state index is 12.3. The fourth-order valence-corrected chi connectivity index (χ4v) is 3.42. The Kier molecular flexibility index (Phi) is 6.73. The zero-order valence-corrected chi connectivity index (χ0v) is 16.6. The van der Waals surface area contributed by atoms with Crippen molar-refractivity contribution in [3.05, 3.63) is 65.3 Å². The third-order valence-corrected chi connectivity index (χ3v) is 4.90. The second-order valence-corrected chi connectivity index (χ2v) is 7.29. The van der Waals surface area contributed by atoms with E-state index < -0.39 is 0 Å². The highest BCUT2D eigenvalue weighted by Gasteiger charge is 2.15. The van der Waals surface area contributed by atoms with Gasteiger partial charge < -0.3 is 15.4 Å². The summed E-state index contributed by atoms with van der Waals surface area (Å²) < 4.78 is 4.75. The lowest BCUT2D eigenvalue weighted by Gasteiger charge is -2.09. The van der Waals surface area contributed by atoms with Gasteiger partial charge in [-0.1, -0.05) is 41.6 Å². The van der Waals surface area contributed by atoms with Crippen molar-refractivity contribution in [1.29, 1.82) is 0 Å². The number of methoxy groups -OCH3 is 1. The van der Waals surface area contributed by atoms with E-state index in [9.17, 15) is 9.59 Å². The van der Waals surface area contributed by atoms with Crippen LogP contribution in [0.15, 0.2) is 65.3 Å². The standard InChI is InChI=1S/C20H18ClN3O3S/c1-27-20(26)11-15-10-19(24-17-8-3-2-7-16(17)22-15)28-12-18(25)23-14-6-4-5-13(21)9-14/h2-10,22H,11-12H2,1H3,(H,23,25). The van der Waals surface area contributed by atoms with Crippen LogP contribution in [-0.4, -0.2) is 29.8 Å². The van der Waals surface area contributed by atoms with Crippen LogP contribution in [0.2, 0.25) is 5.02 Å². The number of carbonyl (C=O) groups excluding carboxylic acids is 2. The van der Waals surface area contributed by atoms with Crippen LogP contribution in [0, 0.1) is 0 Å². The molecule has 8 heteroatoms. The third-order valence-electron chi connectivity index (χ3n) is 3.75. The van der Waals surface area contributed by atoms with Crippen molar-refractivity contribution in [3.63, 3.8) is 0 Å². The van der Waals surface area contributed by atoms with Crippen LogP contribution in [0.25, 0.3) is 0 Å². The number of nitrogens with zero attached hydrogens (tertiary/aromatic N) is 1. The fraction of sp³-hybridized carbons (Fsp3) is 0.150. The summed E-state index contributed by atoms with van der Waals surface area (Å²) in [5.41, 5.74) is 2.81. The quantitative estimate of drug-likeness (QED) is 0.697. The average molecular weight is 416 g/mol. The van der Waals surface area contributed by atoms with Crippen molar-refractivity contribution in [3.8, 4) is 0 Å². The number of halogens is 1. The number of carbonyl (C=O) groups is 2. The van der Waals surface area contributed by atoms with E-state index in [4.69, 9.17) is 16.3 Å². The normalized spacial score (nSPS) is 12.6. The highest BCUT2D eigenvalue weighted by Crippen LogP contribution is 2.31. The first kappa shape index (κ1) is 20.0. The van der Waals surface area contributed by atoms with Gasteiger partial charge in [-0.25, -0.2) is 4.99 Å². The van der Waals surface area contributed by atoms with Gasteiger partial charge in [0.15, 0.2) is 0 Å². The molecule has 0 unspecified atom stereocenters. The summed E-state index contributed by atoms with van der Waals surface area (Å²) in [6.07, 6.45) is 1.84. The van der Waals surface area contributed by atoms with Crippen molar-refractivity contribution < 1.29 is 14.3 Å². The van der Waals surface area contributed by atoms with Gasteiger partial charge in [0.2, 0.25) is 5.91 Å². The van der Waals surface area contributed by atoms with Gasteiger partial charge in [-0.05, 0) is 36.4 Å². The average Bonchev–Trinajstić information content (AvgIpc) is 2.84. The lowest BCUT2D eigenvalue weighted by atomic mass is 10.2. The number of hydrogen-bond acceptors (Lipinski definition) is 6. The Balaban J connectivity index is 1.72. The van der Waals surface area contributed by atoms with Crippen molar-refractivity contribution in [2.24, 2.45) is 4.99 Å². The first-order valence-electron chi connectivity index (χ1n) is 8.44. The number of esters is 1. The predicted octanol–water partition coefficient (Wildman–Crippen LogP) is 4.61. The first-order chi connectivity index (χ1) is 13.5. The molecule has 1 heterocycles. The van der Waals surface area contributed by atoms with Gasteiger partial charge in [0.1, 0.15) is 0 Å². The zero-order valence-electron chi connectivity index (χ0n) is 15.1. The molecule has 0 saturated carbocycles. The maximum atomic E-state index is 12.3. The highest BCUT2D eigenvalue weighted by molar-refractivity contribution is 8.14. The van der Waals surface area contributed by atoms with E-state index in [1.165, 1.54) is 18.9 Å². The second-order valence-electron chi connectivity index (χ2n) is 5.86. The Bertz CT molecular complexity index is 959. The molecule has 0 aliphatic carbocycles. The van der Waals surface area contributed by atoms with Crippen LogP contribution in [0.3, 0.4) is 0 Å². The summed E-state index contributed by atoms with van der Waals surface area (Å²) in [6.45, 7) is 0. The molecule has 0 atom stereocenters. The monoisotopic (exact) mass is 415 g/mol. The Morgan fingerprint density at radius 2 is 2.04 bits per heavy atom. The van der Waals surface area contributed by atoms with Crippen LogP contribution in [0.1, 0.15) is 6.42 Å². The summed E-state index contributed by atoms with van der Waals surface area (Å²) in [4.78, 5) is 28.5. The molecule has 144 valence electrons. The van der Waals surface area contributed by atoms with Gasteiger partial charge in [0, 0.05) is 16.4 Å². The summed E-state index contributed by atoms with van der Waals surface area (Å²) in [6, 6.07) is 14.5. The smallest absolute Gasteiger partial charge is 0.311 e. The molecule has 2 aromatic carbocycles. The SMILES string of the molecule is COC(=O)CC1=CC(SCC(=O)Nc2cccc(Cl)c2)=Nc2ccccc2N1. The number of rotatable bonds is 5. The van der Waals surface area contributed by atoms with Gasteiger partial charge in [-0.2, -0.15) is 0 Å². The van der Waals surface area contributed by atoms with E-state index in [1.54, 1.807) is 30.3 Å². The number of nitrogens with one attached hydrogen (secondary N) is 2. The van der Waals surface area contributed by atoms with Gasteiger partial charge in [-0.15, -0.1) is 0 Å². The Morgan fingerprint density at radius 3 is 2.82 bits per heavy atom. The Morgan fingerprint density at radius 1 is 1.21 bits per heavy atom. The molecule has 0 saturated heterocycles. The lowest BCUT2D eigenvalue weighted by Crippen LogP contribution is -2.15. The number of benzene rings is 2. The van der Waals surface area contributed by atoms with E-state index in [2.05, 4.69) is 15.6 Å². The molecular weight excluding hydrogens is 398 g/mol. The summed E-state index contributed by atoms with van der Waals surface area (Å²) in [5, 5.41) is 7.18. The number of amides is 1. The summed E-state index contributed by atoms with van der Waals surface area (Å²) in [7, 11) is 1.34. The molecule has 6 nitrogen and oxygen atoms in total. The molecule has 0 radical (unpaired) electrons. The largest absolute Gasteiger partial charge is 0.469 e. The van der Waals surface area contributed by atoms with Crippen LogP contribution in [0.5, 0.6) is 0 Å². The van der Waals surface area contributed by atoms with Gasteiger partial charge >= 0.3 is 5.97 Å². The number of aliphatic imine (C=N–C) groups is 1. The van der Waals surface area contributed by atoms with E-state index in [0.717, 1.165) is 11.4 Å². The van der Waals surface area contributed by atoms with E-state index in [1.807, 2.05) is 24.3 Å². The number of thioether (sulfide) groups is 1. The third kappa shape index (κ3) is 5.61. The van der Waals surface area contributed by atoms with Crippen LogP contribution in [-0.2, 0) is 14.3 Å². The molecule has 1 aliphatic rings. The minimum atomic E-state index is -0.360. The molecular formula is C20H18ClN3O3S. The van der Waals surface area contributed by atoms with Crippen molar-refractivity contribution in [2.75, 3.05) is 23.5 Å². The van der Waals surface area contributed by atoms with Crippen LogP contribution in [0.4, 0.5) is 17.1 Å². The minimum absolute atomic E-state index is 0.0825. The Hall–Kier alpha value is -2.77. The minimum Gasteiger partial charge on any atom is -0.469 e. The maximum Gasteiger partial charge on any atom is 0.311 e. The van der Waals surface area contributed by atoms with Crippen LogP contribution < -0.4 is 10.6 Å².